The number of nitrogens with zero attached hydrogens (tertiary/aromatic N) is 1. The highest BCUT2D eigenvalue weighted by Crippen LogP contribution is 2.16. The first-order chi connectivity index (χ1) is 10.4. The number of carbonyl (C=O) groups excluding carboxylic acids is 1. The van der Waals surface area contributed by atoms with E-state index in [2.05, 4.69) is 26.5 Å². The molecule has 2 aromatic carbocycles. The van der Waals surface area contributed by atoms with Crippen LogP contribution in [0.25, 0.3) is 0 Å². The molecule has 0 aliphatic heterocycles. The van der Waals surface area contributed by atoms with E-state index in [1.165, 1.54) is 19.1 Å². The summed E-state index contributed by atoms with van der Waals surface area (Å²) in [7, 11) is -3.95. The van der Waals surface area contributed by atoms with Crippen LogP contribution in [0.2, 0.25) is 0 Å². The number of benzene rings is 2. The molecule has 0 aromatic heterocycles. The average Bonchev–Trinajstić information content (AvgIpc) is 2.50. The monoisotopic (exact) mass is 380 g/mol. The summed E-state index contributed by atoms with van der Waals surface area (Å²) in [6.07, 6.45) is 0. The summed E-state index contributed by atoms with van der Waals surface area (Å²) in [6.45, 7) is 1.17. The van der Waals surface area contributed by atoms with Crippen molar-refractivity contribution in [2.75, 3.05) is 5.43 Å². The third-order valence-electron chi connectivity index (χ3n) is 2.74. The van der Waals surface area contributed by atoms with Crippen LogP contribution in [-0.4, -0.2) is 19.2 Å². The summed E-state index contributed by atoms with van der Waals surface area (Å²) in [5.74, 6) is -0.631. The fraction of sp³-hybridized carbons (Fsp3) is 0.0667. The van der Waals surface area contributed by atoms with Gasteiger partial charge >= 0.3 is 0 Å². The highest BCUT2D eigenvalue weighted by molar-refractivity contribution is 9.10. The molecule has 7 heteroatoms. The molecule has 0 bridgehead atoms. The van der Waals surface area contributed by atoms with Crippen LogP contribution in [0.5, 0.6) is 0 Å². The lowest BCUT2D eigenvalue weighted by atomic mass is 10.3. The highest BCUT2D eigenvalue weighted by Gasteiger charge is 2.26. The van der Waals surface area contributed by atoms with Crippen molar-refractivity contribution in [3.05, 3.63) is 59.1 Å². The molecule has 2 rings (SSSR count). The van der Waals surface area contributed by atoms with E-state index in [1.807, 2.05) is 0 Å². The Morgan fingerprint density at radius 2 is 1.64 bits per heavy atom. The quantitative estimate of drug-likeness (QED) is 0.501. The molecule has 0 aliphatic rings. The van der Waals surface area contributed by atoms with E-state index in [0.29, 0.717) is 5.69 Å². The summed E-state index contributed by atoms with van der Waals surface area (Å²) >= 11 is 3.30. The van der Waals surface area contributed by atoms with E-state index in [9.17, 15) is 13.2 Å². The summed E-state index contributed by atoms with van der Waals surface area (Å²) in [4.78, 5) is 11.7. The van der Waals surface area contributed by atoms with E-state index in [1.54, 1.807) is 42.5 Å². The lowest BCUT2D eigenvalue weighted by Crippen LogP contribution is -2.23. The van der Waals surface area contributed by atoms with Gasteiger partial charge in [-0.05, 0) is 36.4 Å². The molecule has 22 heavy (non-hydrogen) atoms. The predicted molar refractivity (Wildman–Crippen MR) is 89.5 cm³/mol. The number of halogens is 1. The molecule has 0 radical (unpaired) electrons. The highest BCUT2D eigenvalue weighted by atomic mass is 79.9. The van der Waals surface area contributed by atoms with Crippen LogP contribution >= 0.6 is 15.9 Å². The SMILES string of the molecule is CC(=O)/C(=N\Nc1ccc(Br)cc1)S(=O)(=O)c1ccccc1. The first kappa shape index (κ1) is 16.4. The lowest BCUT2D eigenvalue weighted by Gasteiger charge is -2.06. The van der Waals surface area contributed by atoms with Crippen LogP contribution in [0.3, 0.4) is 0 Å². The first-order valence-electron chi connectivity index (χ1n) is 6.31. The van der Waals surface area contributed by atoms with Gasteiger partial charge in [0.25, 0.3) is 0 Å². The van der Waals surface area contributed by atoms with Gasteiger partial charge in [0.05, 0.1) is 10.6 Å². The molecular weight excluding hydrogens is 368 g/mol. The average molecular weight is 381 g/mol. The maximum absolute atomic E-state index is 12.5. The Hall–Kier alpha value is -1.99. The zero-order valence-electron chi connectivity index (χ0n) is 11.7. The van der Waals surface area contributed by atoms with Crippen molar-refractivity contribution in [3.63, 3.8) is 0 Å². The minimum absolute atomic E-state index is 0.0292. The second-order valence-electron chi connectivity index (χ2n) is 4.41. The summed E-state index contributed by atoms with van der Waals surface area (Å²) in [6, 6.07) is 14.7. The number of nitrogens with one attached hydrogen (secondary N) is 1. The molecule has 1 N–H and O–H groups in total. The predicted octanol–water partition coefficient (Wildman–Crippen LogP) is 3.24. The van der Waals surface area contributed by atoms with Crippen molar-refractivity contribution >= 4 is 42.3 Å². The van der Waals surface area contributed by atoms with Gasteiger partial charge in [0.1, 0.15) is 0 Å². The molecule has 114 valence electrons. The third-order valence-corrected chi connectivity index (χ3v) is 5.05. The maximum Gasteiger partial charge on any atom is 0.229 e. The number of rotatable bonds is 4. The number of carbonyl (C=O) groups is 1. The topological polar surface area (TPSA) is 75.6 Å². The molecular formula is C15H13BrN2O3S. The van der Waals surface area contributed by atoms with E-state index in [-0.39, 0.29) is 4.90 Å². The molecule has 0 amide bonds. The Morgan fingerprint density at radius 1 is 1.05 bits per heavy atom. The van der Waals surface area contributed by atoms with Gasteiger partial charge in [-0.1, -0.05) is 34.1 Å². The van der Waals surface area contributed by atoms with Crippen molar-refractivity contribution in [2.45, 2.75) is 11.8 Å². The minimum Gasteiger partial charge on any atom is -0.292 e. The zero-order chi connectivity index (χ0) is 16.2. The molecule has 2 aromatic rings. The van der Waals surface area contributed by atoms with E-state index in [0.717, 1.165) is 4.47 Å². The zero-order valence-corrected chi connectivity index (χ0v) is 14.1. The molecule has 0 aliphatic carbocycles. The van der Waals surface area contributed by atoms with Crippen molar-refractivity contribution in [1.29, 1.82) is 0 Å². The Morgan fingerprint density at radius 3 is 2.18 bits per heavy atom. The fourth-order valence-electron chi connectivity index (χ4n) is 1.68. The number of hydrogen-bond donors (Lipinski definition) is 1. The second kappa shape index (κ2) is 6.85. The molecule has 0 atom stereocenters. The second-order valence-corrected chi connectivity index (χ2v) is 7.19. The smallest absolute Gasteiger partial charge is 0.229 e. The van der Waals surface area contributed by atoms with Crippen molar-refractivity contribution in [2.24, 2.45) is 5.10 Å². The standard InChI is InChI=1S/C15H13BrN2O3S/c1-11(19)15(18-17-13-9-7-12(16)8-10-13)22(20,21)14-5-3-2-4-6-14/h2-10,17H,1H3/b18-15+. The number of Topliss-reactive ketones (excluding diaryl/α,β-unsaturated/α-hetero) is 1. The number of ketones is 1. The molecule has 0 unspecified atom stereocenters. The van der Waals surface area contributed by atoms with Crippen LogP contribution < -0.4 is 5.43 Å². The summed E-state index contributed by atoms with van der Waals surface area (Å²) < 4.78 is 25.8. The largest absolute Gasteiger partial charge is 0.292 e. The Bertz CT molecular complexity index is 800. The normalized spacial score (nSPS) is 12.0. The van der Waals surface area contributed by atoms with Gasteiger partial charge < -0.3 is 0 Å². The number of sulfone groups is 1. The Balaban J connectivity index is 2.36. The summed E-state index contributed by atoms with van der Waals surface area (Å²) in [5, 5.41) is 3.26. The van der Waals surface area contributed by atoms with E-state index >= 15 is 0 Å². The molecule has 0 saturated carbocycles. The summed E-state index contributed by atoms with van der Waals surface area (Å²) in [5.41, 5.74) is 3.17. The van der Waals surface area contributed by atoms with Gasteiger partial charge in [0.2, 0.25) is 14.9 Å². The van der Waals surface area contributed by atoms with E-state index in [4.69, 9.17) is 0 Å². The molecule has 5 nitrogen and oxygen atoms in total. The van der Waals surface area contributed by atoms with Crippen LogP contribution in [0.15, 0.2) is 69.1 Å². The molecule has 0 saturated heterocycles. The lowest BCUT2D eigenvalue weighted by molar-refractivity contribution is -0.110. The minimum atomic E-state index is -3.95. The van der Waals surface area contributed by atoms with Crippen LogP contribution in [0.4, 0.5) is 5.69 Å². The van der Waals surface area contributed by atoms with Gasteiger partial charge in [-0.2, -0.15) is 5.10 Å². The number of anilines is 1. The van der Waals surface area contributed by atoms with E-state index < -0.39 is 20.7 Å². The van der Waals surface area contributed by atoms with Gasteiger partial charge in [0.15, 0.2) is 5.78 Å². The Kier molecular flexibility index (Phi) is 5.10. The van der Waals surface area contributed by atoms with Crippen molar-refractivity contribution in [1.82, 2.24) is 0 Å². The van der Waals surface area contributed by atoms with Gasteiger partial charge in [-0.25, -0.2) is 8.42 Å². The third kappa shape index (κ3) is 3.80. The number of hydrazone groups is 1. The maximum atomic E-state index is 12.5. The number of hydrogen-bond acceptors (Lipinski definition) is 5. The van der Waals surface area contributed by atoms with Gasteiger partial charge in [-0.3, -0.25) is 10.2 Å². The molecule has 0 heterocycles. The van der Waals surface area contributed by atoms with Gasteiger partial charge in [-0.15, -0.1) is 0 Å². The molecule has 0 spiro atoms. The van der Waals surface area contributed by atoms with Crippen LogP contribution in [-0.2, 0) is 14.6 Å². The fourth-order valence-corrected chi connectivity index (χ4v) is 3.23. The van der Waals surface area contributed by atoms with Crippen LogP contribution in [0.1, 0.15) is 6.92 Å². The van der Waals surface area contributed by atoms with Gasteiger partial charge in [0, 0.05) is 11.4 Å². The van der Waals surface area contributed by atoms with Crippen molar-refractivity contribution < 1.29 is 13.2 Å². The van der Waals surface area contributed by atoms with Crippen molar-refractivity contribution in [3.8, 4) is 0 Å². The first-order valence-corrected chi connectivity index (χ1v) is 8.59. The Labute approximate surface area is 137 Å². The molecule has 0 fully saturated rings. The van der Waals surface area contributed by atoms with Crippen LogP contribution in [0, 0.1) is 0 Å².